The van der Waals surface area contributed by atoms with Gasteiger partial charge in [-0.1, -0.05) is 23.7 Å². The molecule has 19 heteroatoms. The highest BCUT2D eigenvalue weighted by Gasteiger charge is 2.45. The smallest absolute Gasteiger partial charge is 0.422 e. The predicted octanol–water partition coefficient (Wildman–Crippen LogP) is 3.54. The van der Waals surface area contributed by atoms with Crippen molar-refractivity contribution in [1.82, 2.24) is 30.9 Å². The first-order chi connectivity index (χ1) is 24.7. The highest BCUT2D eigenvalue weighted by atomic mass is 35.5. The number of aliphatic carboxylic acids is 1. The standard InChI is InChI=1S/C33H36ClF3N8O7/c1-51-17-31(11-12-31)16-39-26(48)25(47)38-15-10-23(27(49)50)41-24(46)19-2-8-22(9-3-19)40-28-42-29(44-30(43-28)52-18-33(35,36)37)45-32(13-14-32)20-4-6-21(34)7-5-20/h2-9,23H,10-18H2,1H3,(H,38,47)(H,39,48)(H,41,46)(H,49,50)(H2,40,42,43,44,45)/t23-/m1/s1. The number of anilines is 3. The molecule has 1 atom stereocenters. The van der Waals surface area contributed by atoms with Crippen LogP contribution in [0.15, 0.2) is 48.5 Å². The Balaban J connectivity index is 1.17. The molecule has 1 heterocycles. The van der Waals surface area contributed by atoms with Crippen molar-refractivity contribution in [2.75, 3.05) is 44.0 Å². The number of carboxylic acids is 1. The number of benzene rings is 2. The topological polar surface area (TPSA) is 206 Å². The van der Waals surface area contributed by atoms with E-state index in [9.17, 15) is 37.5 Å². The fraction of sp³-hybridized carbons (Fsp3) is 0.424. The number of hydrogen-bond acceptors (Lipinski definition) is 11. The second-order valence-electron chi connectivity index (χ2n) is 12.6. The average molecular weight is 749 g/mol. The van der Waals surface area contributed by atoms with Crippen LogP contribution >= 0.6 is 11.6 Å². The van der Waals surface area contributed by atoms with Crippen LogP contribution in [-0.2, 0) is 24.7 Å². The van der Waals surface area contributed by atoms with E-state index in [2.05, 4.69) is 41.5 Å². The molecule has 3 amide bonds. The van der Waals surface area contributed by atoms with E-state index in [0.29, 0.717) is 30.2 Å². The molecule has 278 valence electrons. The van der Waals surface area contributed by atoms with Crippen molar-refractivity contribution in [3.05, 3.63) is 64.7 Å². The van der Waals surface area contributed by atoms with Gasteiger partial charge in [0.05, 0.1) is 12.1 Å². The zero-order valence-corrected chi connectivity index (χ0v) is 28.6. The van der Waals surface area contributed by atoms with Gasteiger partial charge in [0.1, 0.15) is 6.04 Å². The molecule has 0 aliphatic heterocycles. The number of ether oxygens (including phenoxy) is 2. The summed E-state index contributed by atoms with van der Waals surface area (Å²) in [4.78, 5) is 61.3. The van der Waals surface area contributed by atoms with Crippen LogP contribution in [0, 0.1) is 5.41 Å². The normalized spacial score (nSPS) is 15.8. The number of carbonyl (C=O) groups excluding carboxylic acids is 3. The van der Waals surface area contributed by atoms with Crippen LogP contribution in [0.4, 0.5) is 30.8 Å². The van der Waals surface area contributed by atoms with Gasteiger partial charge in [0.15, 0.2) is 6.61 Å². The summed E-state index contributed by atoms with van der Waals surface area (Å²) in [5.74, 6) is -4.06. The number of methoxy groups -OCH3 is 1. The Bertz CT molecular complexity index is 1770. The molecule has 52 heavy (non-hydrogen) atoms. The zero-order chi connectivity index (χ0) is 37.5. The second-order valence-corrected chi connectivity index (χ2v) is 13.0. The summed E-state index contributed by atoms with van der Waals surface area (Å²) < 4.78 is 48.7. The highest BCUT2D eigenvalue weighted by Crippen LogP contribution is 2.48. The van der Waals surface area contributed by atoms with Gasteiger partial charge in [-0.25, -0.2) is 4.79 Å². The van der Waals surface area contributed by atoms with Crippen molar-refractivity contribution >= 4 is 52.9 Å². The third-order valence-corrected chi connectivity index (χ3v) is 8.69. The summed E-state index contributed by atoms with van der Waals surface area (Å²) in [5, 5.41) is 23.5. The first kappa shape index (κ1) is 38.0. The molecule has 2 aromatic carbocycles. The Morgan fingerprint density at radius 1 is 0.923 bits per heavy atom. The molecule has 0 bridgehead atoms. The molecule has 3 aromatic rings. The maximum atomic E-state index is 12.9. The number of carboxylic acid groups (broad SMARTS) is 1. The van der Waals surface area contributed by atoms with Gasteiger partial charge >= 0.3 is 30.0 Å². The van der Waals surface area contributed by atoms with E-state index in [1.807, 2.05) is 12.1 Å². The van der Waals surface area contributed by atoms with Crippen LogP contribution in [0.1, 0.15) is 48.0 Å². The summed E-state index contributed by atoms with van der Waals surface area (Å²) >= 11 is 6.01. The summed E-state index contributed by atoms with van der Waals surface area (Å²) in [6.45, 7) is -1.08. The van der Waals surface area contributed by atoms with Gasteiger partial charge in [0, 0.05) is 41.9 Å². The number of halogens is 4. The molecular formula is C33H36ClF3N8O7. The maximum Gasteiger partial charge on any atom is 0.422 e. The third kappa shape index (κ3) is 10.6. The SMILES string of the molecule is COCC1(CNC(=O)C(=O)NCC[C@@H](NC(=O)c2ccc(Nc3nc(NC4(c5ccc(Cl)cc5)CC4)nc(OCC(F)(F)F)n3)cc2)C(=O)O)CC1. The lowest BCUT2D eigenvalue weighted by molar-refractivity contribution is -0.154. The minimum absolute atomic E-state index is 0.0385. The van der Waals surface area contributed by atoms with Crippen molar-refractivity contribution in [1.29, 1.82) is 0 Å². The van der Waals surface area contributed by atoms with Gasteiger partial charge in [-0.05, 0) is 74.1 Å². The molecule has 0 unspecified atom stereocenters. The van der Waals surface area contributed by atoms with Gasteiger partial charge in [-0.15, -0.1) is 0 Å². The molecule has 0 saturated heterocycles. The number of amides is 3. The minimum atomic E-state index is -4.64. The molecule has 2 aliphatic carbocycles. The van der Waals surface area contributed by atoms with Crippen LogP contribution in [0.25, 0.3) is 0 Å². The van der Waals surface area contributed by atoms with E-state index in [1.165, 1.54) is 24.3 Å². The summed E-state index contributed by atoms with van der Waals surface area (Å²) in [6.07, 6.45) is -1.69. The van der Waals surface area contributed by atoms with Gasteiger partial charge in [0.25, 0.3) is 5.91 Å². The van der Waals surface area contributed by atoms with E-state index >= 15 is 0 Å². The largest absolute Gasteiger partial charge is 0.480 e. The van der Waals surface area contributed by atoms with Crippen molar-refractivity contribution in [2.45, 2.75) is 49.9 Å². The van der Waals surface area contributed by atoms with Crippen LogP contribution in [-0.4, -0.2) is 89.4 Å². The lowest BCUT2D eigenvalue weighted by atomic mass is 10.1. The van der Waals surface area contributed by atoms with Crippen molar-refractivity contribution in [3.8, 4) is 6.01 Å². The molecule has 1 aromatic heterocycles. The van der Waals surface area contributed by atoms with E-state index in [4.69, 9.17) is 21.1 Å². The molecule has 6 N–H and O–H groups in total. The number of nitrogens with zero attached hydrogens (tertiary/aromatic N) is 3. The van der Waals surface area contributed by atoms with Gasteiger partial charge in [0.2, 0.25) is 11.9 Å². The Labute approximate surface area is 300 Å². The molecule has 2 saturated carbocycles. The molecule has 5 rings (SSSR count). The zero-order valence-electron chi connectivity index (χ0n) is 27.8. The Hall–Kier alpha value is -5.23. The van der Waals surface area contributed by atoms with Gasteiger partial charge in [-0.3, -0.25) is 14.4 Å². The third-order valence-electron chi connectivity index (χ3n) is 8.44. The van der Waals surface area contributed by atoms with Crippen molar-refractivity contribution in [2.24, 2.45) is 5.41 Å². The van der Waals surface area contributed by atoms with E-state index in [0.717, 1.165) is 18.4 Å². The number of carbonyl (C=O) groups is 4. The van der Waals surface area contributed by atoms with Crippen molar-refractivity contribution in [3.63, 3.8) is 0 Å². The average Bonchev–Trinajstić information content (AvgIpc) is 4.04. The summed E-state index contributed by atoms with van der Waals surface area (Å²) in [6, 6.07) is 10.8. The van der Waals surface area contributed by atoms with E-state index < -0.39 is 54.1 Å². The molecule has 2 fully saturated rings. The van der Waals surface area contributed by atoms with E-state index in [1.54, 1.807) is 19.2 Å². The number of aromatic nitrogens is 3. The highest BCUT2D eigenvalue weighted by molar-refractivity contribution is 6.35. The lowest BCUT2D eigenvalue weighted by Gasteiger charge is -2.19. The van der Waals surface area contributed by atoms with Gasteiger partial charge < -0.3 is 41.2 Å². The fourth-order valence-electron chi connectivity index (χ4n) is 5.22. The van der Waals surface area contributed by atoms with Crippen LogP contribution in [0.2, 0.25) is 5.02 Å². The number of hydrogen-bond donors (Lipinski definition) is 6. The Kier molecular flexibility index (Phi) is 11.7. The van der Waals surface area contributed by atoms with Crippen LogP contribution in [0.5, 0.6) is 6.01 Å². The molecule has 15 nitrogen and oxygen atoms in total. The fourth-order valence-corrected chi connectivity index (χ4v) is 5.35. The van der Waals surface area contributed by atoms with Crippen LogP contribution in [0.3, 0.4) is 0 Å². The number of alkyl halides is 3. The predicted molar refractivity (Wildman–Crippen MR) is 180 cm³/mol. The Morgan fingerprint density at radius 3 is 2.17 bits per heavy atom. The molecule has 2 aliphatic rings. The minimum Gasteiger partial charge on any atom is -0.480 e. The first-order valence-electron chi connectivity index (χ1n) is 16.1. The Morgan fingerprint density at radius 2 is 1.58 bits per heavy atom. The van der Waals surface area contributed by atoms with Gasteiger partial charge in [-0.2, -0.15) is 28.1 Å². The summed E-state index contributed by atoms with van der Waals surface area (Å²) in [7, 11) is 1.56. The molecule has 0 spiro atoms. The lowest BCUT2D eigenvalue weighted by Crippen LogP contribution is -2.46. The number of rotatable bonds is 17. The monoisotopic (exact) mass is 748 g/mol. The first-order valence-corrected chi connectivity index (χ1v) is 16.5. The van der Waals surface area contributed by atoms with E-state index in [-0.39, 0.29) is 42.4 Å². The number of nitrogens with one attached hydrogen (secondary N) is 5. The molecular weight excluding hydrogens is 713 g/mol. The maximum absolute atomic E-state index is 12.9. The second kappa shape index (κ2) is 16.0. The molecule has 0 radical (unpaired) electrons. The van der Waals surface area contributed by atoms with Crippen molar-refractivity contribution < 1.29 is 46.9 Å². The quantitative estimate of drug-likeness (QED) is 0.110. The van der Waals surface area contributed by atoms with Crippen LogP contribution < -0.4 is 31.3 Å². The summed E-state index contributed by atoms with van der Waals surface area (Å²) in [5.41, 5.74) is 0.575.